The molecule has 2 rings (SSSR count). The zero-order valence-corrected chi connectivity index (χ0v) is 14.6. The molecule has 3 nitrogen and oxygen atoms in total. The zero-order valence-electron chi connectivity index (χ0n) is 13.9. The van der Waals surface area contributed by atoms with Gasteiger partial charge < -0.3 is 9.47 Å². The lowest BCUT2D eigenvalue weighted by Crippen LogP contribution is -2.25. The number of hydrogen-bond donors (Lipinski definition) is 0. The number of esters is 1. The van der Waals surface area contributed by atoms with Crippen molar-refractivity contribution in [3.8, 4) is 22.6 Å². The molecule has 0 fully saturated rings. The van der Waals surface area contributed by atoms with Gasteiger partial charge in [-0.2, -0.15) is 0 Å². The van der Waals surface area contributed by atoms with Gasteiger partial charge in [-0.05, 0) is 48.2 Å². The number of benzene rings is 2. The summed E-state index contributed by atoms with van der Waals surface area (Å²) in [6.07, 6.45) is 0. The Morgan fingerprint density at radius 1 is 1.12 bits per heavy atom. The van der Waals surface area contributed by atoms with Crippen molar-refractivity contribution in [3.05, 3.63) is 48.3 Å². The first-order chi connectivity index (χ1) is 11.4. The Bertz CT molecular complexity index is 698. The van der Waals surface area contributed by atoms with Crippen LogP contribution < -0.4 is 9.47 Å². The van der Waals surface area contributed by atoms with Crippen molar-refractivity contribution in [2.45, 2.75) is 26.1 Å². The molecule has 0 radical (unpaired) electrons. The van der Waals surface area contributed by atoms with E-state index in [0.29, 0.717) is 17.9 Å². The quantitative estimate of drug-likeness (QED) is 0.415. The van der Waals surface area contributed by atoms with Crippen LogP contribution in [0.2, 0.25) is 0 Å². The second-order valence-corrected chi connectivity index (χ2v) is 6.14. The lowest BCUT2D eigenvalue weighted by atomic mass is 10.1. The largest absolute Gasteiger partial charge is 0.491 e. The molecular formula is C19H20ClFO3. The summed E-state index contributed by atoms with van der Waals surface area (Å²) < 4.78 is 24.4. The fourth-order valence-corrected chi connectivity index (χ4v) is 2.16. The molecule has 0 heterocycles. The number of alkyl halides is 1. The van der Waals surface area contributed by atoms with E-state index in [2.05, 4.69) is 0 Å². The molecule has 0 bridgehead atoms. The Morgan fingerprint density at radius 3 is 2.29 bits per heavy atom. The number of halogens is 2. The predicted molar refractivity (Wildman–Crippen MR) is 93.1 cm³/mol. The molecule has 0 aliphatic rings. The van der Waals surface area contributed by atoms with Crippen molar-refractivity contribution in [2.75, 3.05) is 6.61 Å². The zero-order chi connectivity index (χ0) is 17.7. The van der Waals surface area contributed by atoms with E-state index in [9.17, 15) is 9.18 Å². The second kappa shape index (κ2) is 8.15. The lowest BCUT2D eigenvalue weighted by Gasteiger charge is -2.12. The van der Waals surface area contributed by atoms with Gasteiger partial charge in [0.2, 0.25) is 0 Å². The van der Waals surface area contributed by atoms with Gasteiger partial charge in [0.15, 0.2) is 11.6 Å². The van der Waals surface area contributed by atoms with Crippen molar-refractivity contribution in [1.29, 1.82) is 0 Å². The van der Waals surface area contributed by atoms with E-state index in [0.717, 1.165) is 5.56 Å². The summed E-state index contributed by atoms with van der Waals surface area (Å²) in [6.45, 7) is 5.91. The Labute approximate surface area is 146 Å². The van der Waals surface area contributed by atoms with E-state index >= 15 is 0 Å². The molecule has 128 valence electrons. The topological polar surface area (TPSA) is 35.5 Å². The van der Waals surface area contributed by atoms with Gasteiger partial charge in [-0.3, -0.25) is 4.79 Å². The third-order valence-corrected chi connectivity index (χ3v) is 4.13. The highest BCUT2D eigenvalue weighted by atomic mass is 35.5. The molecular weight excluding hydrogens is 331 g/mol. The first-order valence-electron chi connectivity index (χ1n) is 7.81. The van der Waals surface area contributed by atoms with Crippen molar-refractivity contribution < 1.29 is 18.7 Å². The molecule has 0 aliphatic carbocycles. The van der Waals surface area contributed by atoms with Gasteiger partial charge in [0.05, 0.1) is 6.61 Å². The van der Waals surface area contributed by atoms with Gasteiger partial charge in [-0.15, -0.1) is 11.6 Å². The van der Waals surface area contributed by atoms with Crippen LogP contribution in [-0.4, -0.2) is 18.0 Å². The Hall–Kier alpha value is -2.07. The van der Waals surface area contributed by atoms with Gasteiger partial charge in [-0.1, -0.05) is 32.0 Å². The minimum atomic E-state index is -0.690. The Kier molecular flexibility index (Phi) is 6.21. The summed E-state index contributed by atoms with van der Waals surface area (Å²) in [6, 6.07) is 11.6. The maximum absolute atomic E-state index is 13.9. The average molecular weight is 351 g/mol. The summed E-state index contributed by atoms with van der Waals surface area (Å²) in [5, 5.41) is -0.690. The smallest absolute Gasteiger partial charge is 0.329 e. The van der Waals surface area contributed by atoms with Gasteiger partial charge in [0.25, 0.3) is 0 Å². The van der Waals surface area contributed by atoms with Crippen LogP contribution >= 0.6 is 11.6 Å². The molecule has 2 aromatic carbocycles. The summed E-state index contributed by atoms with van der Waals surface area (Å²) in [5.41, 5.74) is 1.52. The first-order valence-corrected chi connectivity index (χ1v) is 8.24. The molecule has 1 atom stereocenters. The van der Waals surface area contributed by atoms with Gasteiger partial charge in [-0.25, -0.2) is 4.39 Å². The lowest BCUT2D eigenvalue weighted by molar-refractivity contribution is -0.134. The monoisotopic (exact) mass is 350 g/mol. The molecule has 1 unspecified atom stereocenters. The molecule has 5 heteroatoms. The first kappa shape index (κ1) is 18.3. The van der Waals surface area contributed by atoms with Crippen molar-refractivity contribution in [3.63, 3.8) is 0 Å². The Balaban J connectivity index is 2.12. The van der Waals surface area contributed by atoms with E-state index < -0.39 is 17.2 Å². The minimum absolute atomic E-state index is 0.00901. The van der Waals surface area contributed by atoms with E-state index in [4.69, 9.17) is 21.1 Å². The SMILES string of the molecule is CCOc1ccc(-c2ccc(OC(=O)C(Cl)C(C)C)cc2)cc1F. The van der Waals surface area contributed by atoms with Crippen molar-refractivity contribution >= 4 is 17.6 Å². The fraction of sp³-hybridized carbons (Fsp3) is 0.316. The van der Waals surface area contributed by atoms with E-state index in [1.165, 1.54) is 6.07 Å². The highest BCUT2D eigenvalue weighted by molar-refractivity contribution is 6.30. The summed E-state index contributed by atoms with van der Waals surface area (Å²) in [5.74, 6) is -0.265. The number of carbonyl (C=O) groups is 1. The minimum Gasteiger partial charge on any atom is -0.491 e. The Morgan fingerprint density at radius 2 is 1.75 bits per heavy atom. The molecule has 0 spiro atoms. The molecule has 2 aromatic rings. The van der Waals surface area contributed by atoms with Crippen LogP contribution in [0.3, 0.4) is 0 Å². The average Bonchev–Trinajstić information content (AvgIpc) is 2.56. The number of hydrogen-bond acceptors (Lipinski definition) is 3. The van der Waals surface area contributed by atoms with E-state index in [1.54, 1.807) is 43.3 Å². The maximum atomic E-state index is 13.9. The molecule has 0 amide bonds. The van der Waals surface area contributed by atoms with Gasteiger partial charge >= 0.3 is 5.97 Å². The van der Waals surface area contributed by atoms with Crippen LogP contribution in [0.5, 0.6) is 11.5 Å². The highest BCUT2D eigenvalue weighted by Gasteiger charge is 2.21. The summed E-state index contributed by atoms with van der Waals surface area (Å²) in [7, 11) is 0. The standard InChI is InChI=1S/C19H20ClFO3/c1-4-23-17-10-7-14(11-16(17)21)13-5-8-15(9-6-13)24-19(22)18(20)12(2)3/h5-12,18H,4H2,1-3H3. The van der Waals surface area contributed by atoms with E-state index in [-0.39, 0.29) is 11.7 Å². The molecule has 0 aromatic heterocycles. The van der Waals surface area contributed by atoms with Crippen LogP contribution in [0.4, 0.5) is 4.39 Å². The molecule has 0 saturated carbocycles. The van der Waals surface area contributed by atoms with Gasteiger partial charge in [0.1, 0.15) is 11.1 Å². The van der Waals surface area contributed by atoms with Crippen LogP contribution in [0.15, 0.2) is 42.5 Å². The molecule has 0 N–H and O–H groups in total. The van der Waals surface area contributed by atoms with Crippen LogP contribution in [0.25, 0.3) is 11.1 Å². The number of carbonyl (C=O) groups excluding carboxylic acids is 1. The number of rotatable bonds is 6. The number of ether oxygens (including phenoxy) is 2. The third kappa shape index (κ3) is 4.48. The van der Waals surface area contributed by atoms with Crippen LogP contribution in [-0.2, 0) is 4.79 Å². The van der Waals surface area contributed by atoms with Crippen molar-refractivity contribution in [1.82, 2.24) is 0 Å². The molecule has 0 aliphatic heterocycles. The second-order valence-electron chi connectivity index (χ2n) is 5.67. The normalized spacial score (nSPS) is 12.1. The third-order valence-electron chi connectivity index (χ3n) is 3.45. The van der Waals surface area contributed by atoms with Gasteiger partial charge in [0, 0.05) is 0 Å². The summed E-state index contributed by atoms with van der Waals surface area (Å²) >= 11 is 5.97. The fourth-order valence-electron chi connectivity index (χ4n) is 2.11. The van der Waals surface area contributed by atoms with Crippen LogP contribution in [0, 0.1) is 11.7 Å². The van der Waals surface area contributed by atoms with Crippen LogP contribution in [0.1, 0.15) is 20.8 Å². The molecule has 24 heavy (non-hydrogen) atoms. The highest BCUT2D eigenvalue weighted by Crippen LogP contribution is 2.27. The summed E-state index contributed by atoms with van der Waals surface area (Å²) in [4.78, 5) is 11.8. The molecule has 0 saturated heterocycles. The van der Waals surface area contributed by atoms with E-state index in [1.807, 2.05) is 13.8 Å². The van der Waals surface area contributed by atoms with Crippen molar-refractivity contribution in [2.24, 2.45) is 5.92 Å². The predicted octanol–water partition coefficient (Wildman–Crippen LogP) is 5.06. The maximum Gasteiger partial charge on any atom is 0.329 e.